The normalized spacial score (nSPS) is 11.1. The summed E-state index contributed by atoms with van der Waals surface area (Å²) in [4.78, 5) is 13.6. The van der Waals surface area contributed by atoms with Gasteiger partial charge in [0, 0.05) is 25.3 Å². The van der Waals surface area contributed by atoms with Crippen LogP contribution in [0.15, 0.2) is 47.4 Å². The molecule has 0 atom stereocenters. The number of hydrogen-bond acceptors (Lipinski definition) is 3. The van der Waals surface area contributed by atoms with Gasteiger partial charge >= 0.3 is 0 Å². The molecule has 0 fully saturated rings. The second-order valence-electron chi connectivity index (χ2n) is 5.65. The third kappa shape index (κ3) is 3.90. The molecular formula is C17H20N2O3S. The summed E-state index contributed by atoms with van der Waals surface area (Å²) in [5, 5.41) is 0. The maximum Gasteiger partial charge on any atom is 0.262 e. The van der Waals surface area contributed by atoms with Crippen molar-refractivity contribution in [1.29, 1.82) is 0 Å². The number of amides is 1. The molecule has 0 aliphatic rings. The van der Waals surface area contributed by atoms with E-state index in [-0.39, 0.29) is 10.8 Å². The number of aryl methyl sites for hydroxylation is 2. The highest BCUT2D eigenvalue weighted by Crippen LogP contribution is 2.21. The molecule has 0 saturated heterocycles. The minimum absolute atomic E-state index is 0.103. The fourth-order valence-corrected chi connectivity index (χ4v) is 3.52. The van der Waals surface area contributed by atoms with Crippen LogP contribution in [0, 0.1) is 13.8 Å². The zero-order valence-electron chi connectivity index (χ0n) is 13.6. The van der Waals surface area contributed by atoms with Gasteiger partial charge in [-0.2, -0.15) is 0 Å². The minimum atomic E-state index is -3.76. The SMILES string of the molecule is Cc1cccc(NS(=O)(=O)c2cc(C(=O)N(C)C)ccc2C)c1. The number of nitrogens with one attached hydrogen (secondary N) is 1. The Labute approximate surface area is 137 Å². The number of nitrogens with zero attached hydrogens (tertiary/aromatic N) is 1. The Morgan fingerprint density at radius 2 is 1.74 bits per heavy atom. The van der Waals surface area contributed by atoms with Crippen LogP contribution in [0.4, 0.5) is 5.69 Å². The van der Waals surface area contributed by atoms with E-state index in [0.29, 0.717) is 16.8 Å². The predicted molar refractivity (Wildman–Crippen MR) is 91.2 cm³/mol. The molecule has 5 nitrogen and oxygen atoms in total. The Hall–Kier alpha value is -2.34. The number of sulfonamides is 1. The molecule has 2 rings (SSSR count). The van der Waals surface area contributed by atoms with E-state index in [1.54, 1.807) is 51.4 Å². The van der Waals surface area contributed by atoms with Gasteiger partial charge in [0.05, 0.1) is 4.90 Å². The third-order valence-corrected chi connectivity index (χ3v) is 4.92. The minimum Gasteiger partial charge on any atom is -0.345 e. The lowest BCUT2D eigenvalue weighted by atomic mass is 10.1. The number of carbonyl (C=O) groups is 1. The molecule has 6 heteroatoms. The van der Waals surface area contributed by atoms with Gasteiger partial charge in [0.15, 0.2) is 0 Å². The Morgan fingerprint density at radius 3 is 2.35 bits per heavy atom. The molecular weight excluding hydrogens is 312 g/mol. The van der Waals surface area contributed by atoms with Gasteiger partial charge in [-0.1, -0.05) is 18.2 Å². The molecule has 0 unspecified atom stereocenters. The molecule has 122 valence electrons. The summed E-state index contributed by atoms with van der Waals surface area (Å²) in [7, 11) is -0.511. The number of benzene rings is 2. The summed E-state index contributed by atoms with van der Waals surface area (Å²) in [6.45, 7) is 3.59. The van der Waals surface area contributed by atoms with Crippen LogP contribution in [0.25, 0.3) is 0 Å². The number of carbonyl (C=O) groups excluding carboxylic acids is 1. The Balaban J connectivity index is 2.43. The molecule has 2 aromatic rings. The first-order chi connectivity index (χ1) is 10.7. The molecule has 0 aliphatic carbocycles. The molecule has 0 radical (unpaired) electrons. The van der Waals surface area contributed by atoms with Crippen LogP contribution in [0.3, 0.4) is 0 Å². The van der Waals surface area contributed by atoms with Crippen molar-refractivity contribution >= 4 is 21.6 Å². The van der Waals surface area contributed by atoms with Crippen molar-refractivity contribution in [3.63, 3.8) is 0 Å². The predicted octanol–water partition coefficient (Wildman–Crippen LogP) is 2.81. The second kappa shape index (κ2) is 6.42. The quantitative estimate of drug-likeness (QED) is 0.936. The van der Waals surface area contributed by atoms with Crippen LogP contribution >= 0.6 is 0 Å². The molecule has 0 bridgehead atoms. The van der Waals surface area contributed by atoms with Crippen molar-refractivity contribution in [2.24, 2.45) is 0 Å². The lowest BCUT2D eigenvalue weighted by Crippen LogP contribution is -2.22. The van der Waals surface area contributed by atoms with E-state index in [2.05, 4.69) is 4.72 Å². The standard InChI is InChI=1S/C17H20N2O3S/c1-12-6-5-7-15(10-12)18-23(21,22)16-11-14(9-8-13(16)2)17(20)19(3)4/h5-11,18H,1-4H3. The molecule has 0 aromatic heterocycles. The third-order valence-electron chi connectivity index (χ3n) is 3.40. The summed E-state index contributed by atoms with van der Waals surface area (Å²) in [5.74, 6) is -0.239. The van der Waals surface area contributed by atoms with Crippen LogP contribution in [0.5, 0.6) is 0 Å². The highest BCUT2D eigenvalue weighted by Gasteiger charge is 2.20. The summed E-state index contributed by atoms with van der Waals surface area (Å²) in [6.07, 6.45) is 0. The second-order valence-corrected chi connectivity index (χ2v) is 7.31. The molecule has 1 N–H and O–H groups in total. The van der Waals surface area contributed by atoms with Crippen molar-refractivity contribution in [1.82, 2.24) is 4.90 Å². The van der Waals surface area contributed by atoms with Gasteiger partial charge < -0.3 is 4.90 Å². The highest BCUT2D eigenvalue weighted by molar-refractivity contribution is 7.92. The summed E-state index contributed by atoms with van der Waals surface area (Å²) in [5.41, 5.74) is 2.37. The first kappa shape index (κ1) is 17.0. The van der Waals surface area contributed by atoms with Crippen molar-refractivity contribution in [3.8, 4) is 0 Å². The summed E-state index contributed by atoms with van der Waals surface area (Å²) >= 11 is 0. The first-order valence-corrected chi connectivity index (χ1v) is 8.61. The zero-order chi connectivity index (χ0) is 17.2. The van der Waals surface area contributed by atoms with E-state index in [1.165, 1.54) is 11.0 Å². The van der Waals surface area contributed by atoms with Crippen molar-refractivity contribution < 1.29 is 13.2 Å². The van der Waals surface area contributed by atoms with Crippen LogP contribution in [-0.2, 0) is 10.0 Å². The molecule has 23 heavy (non-hydrogen) atoms. The van der Waals surface area contributed by atoms with Crippen molar-refractivity contribution in [2.75, 3.05) is 18.8 Å². The van der Waals surface area contributed by atoms with E-state index >= 15 is 0 Å². The summed E-state index contributed by atoms with van der Waals surface area (Å²) < 4.78 is 27.8. The Kier molecular flexibility index (Phi) is 4.75. The highest BCUT2D eigenvalue weighted by atomic mass is 32.2. The van der Waals surface area contributed by atoms with Gasteiger partial charge in [-0.3, -0.25) is 9.52 Å². The van der Waals surface area contributed by atoms with Crippen LogP contribution in [0.1, 0.15) is 21.5 Å². The van der Waals surface area contributed by atoms with Crippen molar-refractivity contribution in [3.05, 3.63) is 59.2 Å². The molecule has 0 aliphatic heterocycles. The number of hydrogen-bond donors (Lipinski definition) is 1. The number of anilines is 1. The fourth-order valence-electron chi connectivity index (χ4n) is 2.20. The lowest BCUT2D eigenvalue weighted by molar-refractivity contribution is 0.0827. The smallest absolute Gasteiger partial charge is 0.262 e. The Morgan fingerprint density at radius 1 is 1.04 bits per heavy atom. The maximum absolute atomic E-state index is 12.6. The van der Waals surface area contributed by atoms with Crippen LogP contribution in [0.2, 0.25) is 0 Å². The van der Waals surface area contributed by atoms with Crippen LogP contribution in [-0.4, -0.2) is 33.3 Å². The van der Waals surface area contributed by atoms with Crippen LogP contribution < -0.4 is 4.72 Å². The molecule has 2 aromatic carbocycles. The first-order valence-electron chi connectivity index (χ1n) is 7.12. The molecule has 1 amide bonds. The van der Waals surface area contributed by atoms with E-state index in [9.17, 15) is 13.2 Å². The molecule has 0 heterocycles. The zero-order valence-corrected chi connectivity index (χ0v) is 14.4. The van der Waals surface area contributed by atoms with E-state index in [4.69, 9.17) is 0 Å². The Bertz CT molecular complexity index is 843. The molecule has 0 spiro atoms. The molecule has 0 saturated carbocycles. The lowest BCUT2D eigenvalue weighted by Gasteiger charge is -2.14. The summed E-state index contributed by atoms with van der Waals surface area (Å²) in [6, 6.07) is 11.8. The van der Waals surface area contributed by atoms with Gasteiger partial charge in [0.25, 0.3) is 15.9 Å². The van der Waals surface area contributed by atoms with Gasteiger partial charge in [-0.05, 0) is 49.2 Å². The van der Waals surface area contributed by atoms with E-state index < -0.39 is 10.0 Å². The van der Waals surface area contributed by atoms with Gasteiger partial charge in [-0.15, -0.1) is 0 Å². The van der Waals surface area contributed by atoms with E-state index in [0.717, 1.165) is 5.56 Å². The maximum atomic E-state index is 12.6. The average molecular weight is 332 g/mol. The largest absolute Gasteiger partial charge is 0.345 e. The average Bonchev–Trinajstić information content (AvgIpc) is 2.46. The van der Waals surface area contributed by atoms with E-state index in [1.807, 2.05) is 13.0 Å². The number of rotatable bonds is 4. The van der Waals surface area contributed by atoms with Gasteiger partial charge in [0.2, 0.25) is 0 Å². The van der Waals surface area contributed by atoms with Gasteiger partial charge in [0.1, 0.15) is 0 Å². The topological polar surface area (TPSA) is 66.5 Å². The van der Waals surface area contributed by atoms with Crippen molar-refractivity contribution in [2.45, 2.75) is 18.7 Å². The fraction of sp³-hybridized carbons (Fsp3) is 0.235. The van der Waals surface area contributed by atoms with Gasteiger partial charge in [-0.25, -0.2) is 8.42 Å². The monoisotopic (exact) mass is 332 g/mol.